The van der Waals surface area contributed by atoms with Crippen molar-refractivity contribution in [3.63, 3.8) is 0 Å². The summed E-state index contributed by atoms with van der Waals surface area (Å²) in [5.41, 5.74) is 0.903. The Bertz CT molecular complexity index is 513. The number of anilines is 2. The summed E-state index contributed by atoms with van der Waals surface area (Å²) in [5.74, 6) is -0.104. The molecule has 1 atom stereocenters. The van der Waals surface area contributed by atoms with E-state index < -0.39 is 0 Å². The minimum atomic E-state index is -0.324. The number of thiazole rings is 1. The molecule has 0 unspecified atom stereocenters. The van der Waals surface area contributed by atoms with E-state index in [1.165, 1.54) is 11.3 Å². The molecule has 0 aliphatic rings. The number of hydrogen-bond donors (Lipinski definition) is 2. The third kappa shape index (κ3) is 3.54. The summed E-state index contributed by atoms with van der Waals surface area (Å²) >= 11 is 4.77. The standard InChI is InChI=1S/C12H12BrN3OS/c1-8(11(17)16-12-14-6-7-18-12)15-10-4-2-9(13)3-5-10/h2-8,15H,1H3,(H,14,16,17)/t8-/m0/s1. The van der Waals surface area contributed by atoms with Crippen LogP contribution in [0.3, 0.4) is 0 Å². The van der Waals surface area contributed by atoms with Gasteiger partial charge in [0.05, 0.1) is 0 Å². The Hall–Kier alpha value is -1.40. The van der Waals surface area contributed by atoms with Crippen LogP contribution in [0.25, 0.3) is 0 Å². The van der Waals surface area contributed by atoms with Gasteiger partial charge in [-0.05, 0) is 31.2 Å². The zero-order valence-electron chi connectivity index (χ0n) is 9.68. The van der Waals surface area contributed by atoms with E-state index in [-0.39, 0.29) is 11.9 Å². The highest BCUT2D eigenvalue weighted by Crippen LogP contribution is 2.16. The third-order valence-corrected chi connectivity index (χ3v) is 3.50. The van der Waals surface area contributed by atoms with Crippen LogP contribution in [0.4, 0.5) is 10.8 Å². The van der Waals surface area contributed by atoms with Gasteiger partial charge in [-0.1, -0.05) is 15.9 Å². The highest BCUT2D eigenvalue weighted by Gasteiger charge is 2.13. The zero-order valence-corrected chi connectivity index (χ0v) is 12.1. The second-order valence-electron chi connectivity index (χ2n) is 3.70. The van der Waals surface area contributed by atoms with Crippen molar-refractivity contribution in [2.75, 3.05) is 10.6 Å². The van der Waals surface area contributed by atoms with E-state index in [0.717, 1.165) is 10.2 Å². The molecule has 0 fully saturated rings. The number of hydrogen-bond acceptors (Lipinski definition) is 4. The first-order chi connectivity index (χ1) is 8.65. The lowest BCUT2D eigenvalue weighted by Crippen LogP contribution is -2.31. The molecule has 1 aromatic heterocycles. The van der Waals surface area contributed by atoms with E-state index in [0.29, 0.717) is 5.13 Å². The highest BCUT2D eigenvalue weighted by atomic mass is 79.9. The predicted octanol–water partition coefficient (Wildman–Crippen LogP) is 3.34. The lowest BCUT2D eigenvalue weighted by Gasteiger charge is -2.14. The second kappa shape index (κ2) is 5.97. The minimum Gasteiger partial charge on any atom is -0.374 e. The molecule has 2 aromatic rings. The summed E-state index contributed by atoms with van der Waals surface area (Å²) in [6, 6.07) is 7.35. The van der Waals surface area contributed by atoms with Crippen LogP contribution in [0.2, 0.25) is 0 Å². The number of nitrogens with one attached hydrogen (secondary N) is 2. The van der Waals surface area contributed by atoms with Crippen LogP contribution in [-0.4, -0.2) is 16.9 Å². The third-order valence-electron chi connectivity index (χ3n) is 2.28. The van der Waals surface area contributed by atoms with E-state index in [9.17, 15) is 4.79 Å². The Kier molecular flexibility index (Phi) is 4.33. The Morgan fingerprint density at radius 1 is 1.39 bits per heavy atom. The molecule has 0 saturated carbocycles. The molecule has 0 radical (unpaired) electrons. The summed E-state index contributed by atoms with van der Waals surface area (Å²) in [6.07, 6.45) is 1.66. The van der Waals surface area contributed by atoms with Crippen molar-refractivity contribution in [2.45, 2.75) is 13.0 Å². The summed E-state index contributed by atoms with van der Waals surface area (Å²) in [7, 11) is 0. The summed E-state index contributed by atoms with van der Waals surface area (Å²) in [6.45, 7) is 1.81. The average molecular weight is 326 g/mol. The SMILES string of the molecule is C[C@H](Nc1ccc(Br)cc1)C(=O)Nc1nccs1. The number of carbonyl (C=O) groups is 1. The van der Waals surface area contributed by atoms with Crippen molar-refractivity contribution in [3.8, 4) is 0 Å². The van der Waals surface area contributed by atoms with Gasteiger partial charge in [0.15, 0.2) is 5.13 Å². The van der Waals surface area contributed by atoms with Crippen LogP contribution >= 0.6 is 27.3 Å². The number of nitrogens with zero attached hydrogens (tertiary/aromatic N) is 1. The first kappa shape index (κ1) is 13.0. The van der Waals surface area contributed by atoms with Crippen molar-refractivity contribution in [1.29, 1.82) is 0 Å². The first-order valence-electron chi connectivity index (χ1n) is 5.37. The largest absolute Gasteiger partial charge is 0.374 e. The fourth-order valence-electron chi connectivity index (χ4n) is 1.36. The molecule has 2 N–H and O–H groups in total. The molecule has 4 nitrogen and oxygen atoms in total. The van der Waals surface area contributed by atoms with Crippen molar-refractivity contribution in [1.82, 2.24) is 4.98 Å². The Morgan fingerprint density at radius 2 is 2.11 bits per heavy atom. The van der Waals surface area contributed by atoms with Gasteiger partial charge in [0.25, 0.3) is 0 Å². The number of benzene rings is 1. The van der Waals surface area contributed by atoms with Crippen LogP contribution in [0.15, 0.2) is 40.3 Å². The lowest BCUT2D eigenvalue weighted by atomic mass is 10.2. The van der Waals surface area contributed by atoms with E-state index in [4.69, 9.17) is 0 Å². The fourth-order valence-corrected chi connectivity index (χ4v) is 2.16. The smallest absolute Gasteiger partial charge is 0.248 e. The number of carbonyl (C=O) groups excluding carboxylic acids is 1. The molecule has 0 spiro atoms. The maximum Gasteiger partial charge on any atom is 0.248 e. The second-order valence-corrected chi connectivity index (χ2v) is 5.51. The number of aromatic nitrogens is 1. The van der Waals surface area contributed by atoms with Gasteiger partial charge < -0.3 is 10.6 Å². The topological polar surface area (TPSA) is 54.0 Å². The van der Waals surface area contributed by atoms with Crippen LogP contribution < -0.4 is 10.6 Å². The molecule has 18 heavy (non-hydrogen) atoms. The van der Waals surface area contributed by atoms with Gasteiger partial charge >= 0.3 is 0 Å². The molecule has 0 aliphatic heterocycles. The Balaban J connectivity index is 1.93. The molecule has 0 aliphatic carbocycles. The maximum atomic E-state index is 11.9. The molecule has 2 rings (SSSR count). The minimum absolute atomic E-state index is 0.104. The van der Waals surface area contributed by atoms with Gasteiger partial charge in [0.2, 0.25) is 5.91 Å². The Labute approximate surface area is 118 Å². The lowest BCUT2D eigenvalue weighted by molar-refractivity contribution is -0.116. The van der Waals surface area contributed by atoms with Gasteiger partial charge in [0.1, 0.15) is 6.04 Å². The van der Waals surface area contributed by atoms with E-state index >= 15 is 0 Å². The fraction of sp³-hybridized carbons (Fsp3) is 0.167. The predicted molar refractivity (Wildman–Crippen MR) is 78.0 cm³/mol. The van der Waals surface area contributed by atoms with Crippen LogP contribution in [0.5, 0.6) is 0 Å². The molecule has 1 heterocycles. The number of amides is 1. The summed E-state index contributed by atoms with van der Waals surface area (Å²) in [5, 5.41) is 8.31. The van der Waals surface area contributed by atoms with Gasteiger partial charge in [-0.15, -0.1) is 11.3 Å². The monoisotopic (exact) mass is 325 g/mol. The summed E-state index contributed by atoms with van der Waals surface area (Å²) < 4.78 is 1.01. The van der Waals surface area contributed by atoms with E-state index in [1.807, 2.05) is 36.6 Å². The Morgan fingerprint density at radius 3 is 2.72 bits per heavy atom. The first-order valence-corrected chi connectivity index (χ1v) is 7.05. The quantitative estimate of drug-likeness (QED) is 0.906. The molecule has 1 aromatic carbocycles. The highest BCUT2D eigenvalue weighted by molar-refractivity contribution is 9.10. The summed E-state index contributed by atoms with van der Waals surface area (Å²) in [4.78, 5) is 15.9. The van der Waals surface area contributed by atoms with Crippen molar-refractivity contribution in [3.05, 3.63) is 40.3 Å². The van der Waals surface area contributed by atoms with E-state index in [2.05, 4.69) is 31.5 Å². The average Bonchev–Trinajstić information content (AvgIpc) is 2.85. The van der Waals surface area contributed by atoms with Crippen LogP contribution in [0.1, 0.15) is 6.92 Å². The zero-order chi connectivity index (χ0) is 13.0. The van der Waals surface area contributed by atoms with Crippen LogP contribution in [-0.2, 0) is 4.79 Å². The molecule has 0 bridgehead atoms. The van der Waals surface area contributed by atoms with Gasteiger partial charge in [0, 0.05) is 21.7 Å². The number of rotatable bonds is 4. The van der Waals surface area contributed by atoms with Crippen molar-refractivity contribution in [2.24, 2.45) is 0 Å². The number of halogens is 1. The molecule has 94 valence electrons. The molecule has 1 amide bonds. The van der Waals surface area contributed by atoms with Gasteiger partial charge in [-0.3, -0.25) is 4.79 Å². The molecule has 0 saturated heterocycles. The van der Waals surface area contributed by atoms with Crippen molar-refractivity contribution >= 4 is 44.0 Å². The molecular weight excluding hydrogens is 314 g/mol. The molecular formula is C12H12BrN3OS. The van der Waals surface area contributed by atoms with Gasteiger partial charge in [-0.25, -0.2) is 4.98 Å². The van der Waals surface area contributed by atoms with E-state index in [1.54, 1.807) is 6.20 Å². The van der Waals surface area contributed by atoms with Crippen molar-refractivity contribution < 1.29 is 4.79 Å². The maximum absolute atomic E-state index is 11.9. The van der Waals surface area contributed by atoms with Gasteiger partial charge in [-0.2, -0.15) is 0 Å². The normalized spacial score (nSPS) is 11.9. The molecule has 6 heteroatoms. The van der Waals surface area contributed by atoms with Crippen LogP contribution in [0, 0.1) is 0 Å².